The molecule has 194 valence electrons. The fraction of sp³-hybridized carbons (Fsp3) is 1.00. The van der Waals surface area contributed by atoms with E-state index in [-0.39, 0.29) is 0 Å². The molecule has 0 spiro atoms. The van der Waals surface area contributed by atoms with Crippen LogP contribution in [0.4, 0.5) is 0 Å². The van der Waals surface area contributed by atoms with Crippen LogP contribution < -0.4 is 0 Å². The summed E-state index contributed by atoms with van der Waals surface area (Å²) in [4.78, 5) is 1.52. The smallest absolute Gasteiger partial charge is 0.136 e. The number of likely N-dealkylation sites (N-methyl/N-ethyl adjacent to an activating group) is 1. The molecule has 5 atom stereocenters. The normalized spacial score (nSPS) is 16.8. The minimum Gasteiger partial charge on any atom is -0.394 e. The van der Waals surface area contributed by atoms with E-state index in [2.05, 4.69) is 6.92 Å². The van der Waals surface area contributed by atoms with Crippen molar-refractivity contribution in [2.45, 2.75) is 140 Å². The van der Waals surface area contributed by atoms with Gasteiger partial charge >= 0.3 is 0 Å². The Bertz CT molecular complexity index is 401. The standard InChI is InChI=1S/C25H53NO6/c1-3-4-5-6-7-8-9-10-11-12-13-14-15-16-17-18-19-26(2)25(32)24(31)23(30)22(29)21(28)20-27/h21-25,27-32H,3-20H2,1-2H3/t21-,22-,23+,24-,25?/m1/s1. The third-order valence-corrected chi connectivity index (χ3v) is 6.40. The maximum absolute atomic E-state index is 10.1. The van der Waals surface area contributed by atoms with Crippen LogP contribution in [0.25, 0.3) is 0 Å². The molecule has 1 unspecified atom stereocenters. The van der Waals surface area contributed by atoms with Gasteiger partial charge in [-0.2, -0.15) is 0 Å². The first-order valence-electron chi connectivity index (χ1n) is 13.1. The van der Waals surface area contributed by atoms with E-state index in [1.165, 1.54) is 88.4 Å². The Hall–Kier alpha value is -0.280. The molecule has 0 bridgehead atoms. The van der Waals surface area contributed by atoms with Gasteiger partial charge in [-0.3, -0.25) is 4.90 Å². The second kappa shape index (κ2) is 21.3. The monoisotopic (exact) mass is 463 g/mol. The lowest BCUT2D eigenvalue weighted by Gasteiger charge is -2.32. The van der Waals surface area contributed by atoms with Crippen molar-refractivity contribution in [3.05, 3.63) is 0 Å². The summed E-state index contributed by atoms with van der Waals surface area (Å²) in [5.41, 5.74) is 0. The predicted octanol–water partition coefficient (Wildman–Crippen LogP) is 2.93. The van der Waals surface area contributed by atoms with Gasteiger partial charge in [0.05, 0.1) is 6.61 Å². The van der Waals surface area contributed by atoms with Crippen LogP contribution in [0.1, 0.15) is 110 Å². The molecule has 0 saturated carbocycles. The van der Waals surface area contributed by atoms with E-state index in [1.807, 2.05) is 0 Å². The summed E-state index contributed by atoms with van der Waals surface area (Å²) < 4.78 is 0. The predicted molar refractivity (Wildman–Crippen MR) is 129 cm³/mol. The molecular weight excluding hydrogens is 410 g/mol. The first-order valence-corrected chi connectivity index (χ1v) is 13.1. The third-order valence-electron chi connectivity index (χ3n) is 6.40. The van der Waals surface area contributed by atoms with Gasteiger partial charge in [0.25, 0.3) is 0 Å². The van der Waals surface area contributed by atoms with E-state index in [0.717, 1.165) is 19.3 Å². The zero-order valence-electron chi connectivity index (χ0n) is 20.7. The van der Waals surface area contributed by atoms with E-state index >= 15 is 0 Å². The van der Waals surface area contributed by atoms with Crippen LogP contribution in [0.15, 0.2) is 0 Å². The van der Waals surface area contributed by atoms with E-state index in [1.54, 1.807) is 7.05 Å². The van der Waals surface area contributed by atoms with Gasteiger partial charge < -0.3 is 30.6 Å². The Balaban J connectivity index is 3.60. The molecule has 0 aliphatic heterocycles. The number of aliphatic hydroxyl groups is 6. The molecule has 32 heavy (non-hydrogen) atoms. The molecule has 0 aromatic heterocycles. The highest BCUT2D eigenvalue weighted by molar-refractivity contribution is 4.84. The summed E-state index contributed by atoms with van der Waals surface area (Å²) in [6.07, 6.45) is 12.6. The van der Waals surface area contributed by atoms with Crippen molar-refractivity contribution in [1.82, 2.24) is 4.90 Å². The number of aliphatic hydroxyl groups excluding tert-OH is 6. The quantitative estimate of drug-likeness (QED) is 0.102. The van der Waals surface area contributed by atoms with Gasteiger partial charge in [0, 0.05) is 6.54 Å². The Morgan fingerprint density at radius 1 is 0.531 bits per heavy atom. The molecule has 7 heteroatoms. The molecule has 7 nitrogen and oxygen atoms in total. The highest BCUT2D eigenvalue weighted by atomic mass is 16.4. The molecule has 0 heterocycles. The number of rotatable bonds is 23. The van der Waals surface area contributed by atoms with E-state index in [9.17, 15) is 25.5 Å². The maximum Gasteiger partial charge on any atom is 0.136 e. The highest BCUT2D eigenvalue weighted by Crippen LogP contribution is 2.15. The van der Waals surface area contributed by atoms with Crippen molar-refractivity contribution in [2.24, 2.45) is 0 Å². The molecule has 0 fully saturated rings. The fourth-order valence-corrected chi connectivity index (χ4v) is 4.02. The lowest BCUT2D eigenvalue weighted by Crippen LogP contribution is -2.54. The van der Waals surface area contributed by atoms with Crippen molar-refractivity contribution in [1.29, 1.82) is 0 Å². The fourth-order valence-electron chi connectivity index (χ4n) is 4.02. The van der Waals surface area contributed by atoms with E-state index in [4.69, 9.17) is 5.11 Å². The van der Waals surface area contributed by atoms with Gasteiger partial charge in [0.1, 0.15) is 30.6 Å². The molecule has 0 amide bonds. The minimum absolute atomic E-state index is 0.558. The van der Waals surface area contributed by atoms with E-state index in [0.29, 0.717) is 6.54 Å². The second-order valence-corrected chi connectivity index (χ2v) is 9.42. The summed E-state index contributed by atoms with van der Waals surface area (Å²) in [6.45, 7) is 2.08. The van der Waals surface area contributed by atoms with Crippen molar-refractivity contribution in [3.63, 3.8) is 0 Å². The van der Waals surface area contributed by atoms with Gasteiger partial charge in [-0.25, -0.2) is 0 Å². The van der Waals surface area contributed by atoms with Crippen molar-refractivity contribution < 1.29 is 30.6 Å². The molecule has 0 aromatic rings. The van der Waals surface area contributed by atoms with Gasteiger partial charge in [-0.05, 0) is 13.5 Å². The second-order valence-electron chi connectivity index (χ2n) is 9.42. The van der Waals surface area contributed by atoms with Gasteiger partial charge in [-0.15, -0.1) is 0 Å². The summed E-state index contributed by atoms with van der Waals surface area (Å²) in [6, 6.07) is 0. The summed E-state index contributed by atoms with van der Waals surface area (Å²) in [7, 11) is 1.64. The van der Waals surface area contributed by atoms with Crippen molar-refractivity contribution >= 4 is 0 Å². The molecule has 0 radical (unpaired) electrons. The Labute approximate surface area is 196 Å². The largest absolute Gasteiger partial charge is 0.394 e. The minimum atomic E-state index is -1.75. The van der Waals surface area contributed by atoms with Crippen LogP contribution in [0, 0.1) is 0 Å². The van der Waals surface area contributed by atoms with Crippen molar-refractivity contribution in [2.75, 3.05) is 20.2 Å². The number of hydrogen-bond acceptors (Lipinski definition) is 7. The Kier molecular flexibility index (Phi) is 21.1. The van der Waals surface area contributed by atoms with Crippen molar-refractivity contribution in [3.8, 4) is 0 Å². The van der Waals surface area contributed by atoms with Crippen LogP contribution in [0.2, 0.25) is 0 Å². The number of hydrogen-bond donors (Lipinski definition) is 6. The average Bonchev–Trinajstić information content (AvgIpc) is 2.81. The number of nitrogens with zero attached hydrogens (tertiary/aromatic N) is 1. The lowest BCUT2D eigenvalue weighted by atomic mass is 10.0. The number of unbranched alkanes of at least 4 members (excludes halogenated alkanes) is 15. The zero-order valence-corrected chi connectivity index (χ0v) is 20.7. The Morgan fingerprint density at radius 2 is 0.906 bits per heavy atom. The molecular formula is C25H53NO6. The molecule has 0 aliphatic rings. The molecule has 0 saturated heterocycles. The maximum atomic E-state index is 10.1. The third kappa shape index (κ3) is 15.5. The van der Waals surface area contributed by atoms with Crippen LogP contribution in [0.3, 0.4) is 0 Å². The summed E-state index contributed by atoms with van der Waals surface area (Å²) in [5, 5.41) is 57.9. The van der Waals surface area contributed by atoms with Crippen LogP contribution in [0.5, 0.6) is 0 Å². The van der Waals surface area contributed by atoms with Crippen LogP contribution >= 0.6 is 0 Å². The first-order chi connectivity index (χ1) is 15.4. The highest BCUT2D eigenvalue weighted by Gasteiger charge is 2.35. The molecule has 6 N–H and O–H groups in total. The first kappa shape index (κ1) is 31.7. The molecule has 0 rings (SSSR count). The van der Waals surface area contributed by atoms with Crippen LogP contribution in [-0.2, 0) is 0 Å². The van der Waals surface area contributed by atoms with Crippen LogP contribution in [-0.4, -0.2) is 86.4 Å². The van der Waals surface area contributed by atoms with Gasteiger partial charge in [0.15, 0.2) is 0 Å². The zero-order chi connectivity index (χ0) is 24.2. The topological polar surface area (TPSA) is 125 Å². The molecule has 0 aromatic carbocycles. The van der Waals surface area contributed by atoms with Gasteiger partial charge in [0.2, 0.25) is 0 Å². The molecule has 0 aliphatic carbocycles. The average molecular weight is 464 g/mol. The summed E-state index contributed by atoms with van der Waals surface area (Å²) >= 11 is 0. The summed E-state index contributed by atoms with van der Waals surface area (Å²) in [5.74, 6) is 0. The van der Waals surface area contributed by atoms with E-state index < -0.39 is 37.3 Å². The van der Waals surface area contributed by atoms with Gasteiger partial charge in [-0.1, -0.05) is 103 Å². The lowest BCUT2D eigenvalue weighted by molar-refractivity contribution is -0.166. The SMILES string of the molecule is CCCCCCCCCCCCCCCCCCN(C)C(O)[C@H](O)[C@@H](O)[C@H](O)[C@H](O)CO. The Morgan fingerprint density at radius 3 is 1.28 bits per heavy atom.